The van der Waals surface area contributed by atoms with Crippen molar-refractivity contribution in [2.75, 3.05) is 7.05 Å². The summed E-state index contributed by atoms with van der Waals surface area (Å²) in [6, 6.07) is 13.4. The summed E-state index contributed by atoms with van der Waals surface area (Å²) in [6.45, 7) is 0.452. The fraction of sp³-hybridized carbons (Fsp3) is 0.118. The van der Waals surface area contributed by atoms with Gasteiger partial charge in [-0.3, -0.25) is 9.78 Å². The van der Waals surface area contributed by atoms with E-state index in [1.807, 2.05) is 36.4 Å². The van der Waals surface area contributed by atoms with E-state index in [1.165, 1.54) is 6.20 Å². The van der Waals surface area contributed by atoms with Crippen molar-refractivity contribution in [3.05, 3.63) is 65.6 Å². The van der Waals surface area contributed by atoms with Crippen LogP contribution < -0.4 is 0 Å². The lowest BCUT2D eigenvalue weighted by molar-refractivity contribution is 0.0780. The second-order valence-electron chi connectivity index (χ2n) is 5.07. The molecule has 0 spiro atoms. The van der Waals surface area contributed by atoms with Crippen LogP contribution in [0, 0.1) is 11.3 Å². The lowest BCUT2D eigenvalue weighted by Gasteiger charge is -2.17. The van der Waals surface area contributed by atoms with E-state index in [4.69, 9.17) is 5.26 Å². The first-order valence-electron chi connectivity index (χ1n) is 6.85. The summed E-state index contributed by atoms with van der Waals surface area (Å²) in [4.78, 5) is 21.2. The van der Waals surface area contributed by atoms with Crippen LogP contribution in [0.3, 0.4) is 0 Å². The van der Waals surface area contributed by atoms with Crippen molar-refractivity contribution in [1.82, 2.24) is 14.9 Å². The molecule has 5 nitrogen and oxygen atoms in total. The molecule has 108 valence electrons. The van der Waals surface area contributed by atoms with Gasteiger partial charge in [0.15, 0.2) is 0 Å². The molecule has 3 rings (SSSR count). The zero-order valence-corrected chi connectivity index (χ0v) is 12.1. The van der Waals surface area contributed by atoms with E-state index in [2.05, 4.69) is 9.97 Å². The predicted molar refractivity (Wildman–Crippen MR) is 83.0 cm³/mol. The molecular formula is C17H14N4O. The molecule has 2 heterocycles. The van der Waals surface area contributed by atoms with E-state index in [-0.39, 0.29) is 5.91 Å². The van der Waals surface area contributed by atoms with Gasteiger partial charge in [0.25, 0.3) is 5.91 Å². The number of aromatic amines is 1. The standard InChI is InChI=1S/C17H14N4O/c1-21(17(22)15-8-12(9-18)10-20-15)11-14-5-2-4-13-6-3-7-19-16(13)14/h2-8,10,20H,11H2,1H3. The Hall–Kier alpha value is -3.13. The predicted octanol–water partition coefficient (Wildman–Crippen LogP) is 2.71. The second kappa shape index (κ2) is 5.70. The smallest absolute Gasteiger partial charge is 0.270 e. The zero-order valence-electron chi connectivity index (χ0n) is 12.1. The number of pyridine rings is 1. The summed E-state index contributed by atoms with van der Waals surface area (Å²) in [7, 11) is 1.73. The van der Waals surface area contributed by atoms with Crippen LogP contribution in [-0.4, -0.2) is 27.8 Å². The van der Waals surface area contributed by atoms with Gasteiger partial charge in [-0.05, 0) is 17.7 Å². The number of carbonyl (C=O) groups is 1. The van der Waals surface area contributed by atoms with Crippen LogP contribution in [0.4, 0.5) is 0 Å². The summed E-state index contributed by atoms with van der Waals surface area (Å²) >= 11 is 0. The molecular weight excluding hydrogens is 276 g/mol. The van der Waals surface area contributed by atoms with Crippen LogP contribution in [0.5, 0.6) is 0 Å². The number of benzene rings is 1. The molecule has 3 aromatic rings. The molecule has 1 aromatic carbocycles. The molecule has 0 radical (unpaired) electrons. The summed E-state index contributed by atoms with van der Waals surface area (Å²) in [5, 5.41) is 9.87. The molecule has 0 aliphatic heterocycles. The minimum atomic E-state index is -0.158. The van der Waals surface area contributed by atoms with Gasteiger partial charge >= 0.3 is 0 Å². The zero-order chi connectivity index (χ0) is 15.5. The van der Waals surface area contributed by atoms with Gasteiger partial charge in [0, 0.05) is 31.4 Å². The van der Waals surface area contributed by atoms with Crippen molar-refractivity contribution >= 4 is 16.8 Å². The molecule has 0 saturated carbocycles. The third-order valence-corrected chi connectivity index (χ3v) is 3.51. The van der Waals surface area contributed by atoms with Crippen LogP contribution in [0.2, 0.25) is 0 Å². The molecule has 22 heavy (non-hydrogen) atoms. The third kappa shape index (κ3) is 2.54. The Labute approximate surface area is 127 Å². The maximum absolute atomic E-state index is 12.4. The number of rotatable bonds is 3. The van der Waals surface area contributed by atoms with Crippen LogP contribution in [0.1, 0.15) is 21.6 Å². The summed E-state index contributed by atoms with van der Waals surface area (Å²) < 4.78 is 0. The molecule has 5 heteroatoms. The third-order valence-electron chi connectivity index (χ3n) is 3.51. The molecule has 0 aliphatic carbocycles. The van der Waals surface area contributed by atoms with Crippen LogP contribution >= 0.6 is 0 Å². The Balaban J connectivity index is 1.85. The Morgan fingerprint density at radius 2 is 2.18 bits per heavy atom. The minimum absolute atomic E-state index is 0.158. The average Bonchev–Trinajstić information content (AvgIpc) is 3.03. The maximum Gasteiger partial charge on any atom is 0.270 e. The Morgan fingerprint density at radius 1 is 1.36 bits per heavy atom. The average molecular weight is 290 g/mol. The number of para-hydroxylation sites is 1. The number of nitriles is 1. The number of nitrogens with zero attached hydrogens (tertiary/aromatic N) is 3. The number of aromatic nitrogens is 2. The molecule has 0 bridgehead atoms. The summed E-state index contributed by atoms with van der Waals surface area (Å²) in [5.74, 6) is -0.158. The number of fused-ring (bicyclic) bond motifs is 1. The van der Waals surface area contributed by atoms with E-state index < -0.39 is 0 Å². The number of amides is 1. The largest absolute Gasteiger partial charge is 0.356 e. The van der Waals surface area contributed by atoms with Crippen molar-refractivity contribution < 1.29 is 4.79 Å². The van der Waals surface area contributed by atoms with Gasteiger partial charge in [0.05, 0.1) is 11.1 Å². The summed E-state index contributed by atoms with van der Waals surface area (Å²) in [5.41, 5.74) is 2.74. The molecule has 2 aromatic heterocycles. The van der Waals surface area contributed by atoms with Gasteiger partial charge in [-0.2, -0.15) is 5.26 Å². The molecule has 0 aliphatic rings. The highest BCUT2D eigenvalue weighted by Gasteiger charge is 2.15. The molecule has 0 unspecified atom stereocenters. The fourth-order valence-electron chi connectivity index (χ4n) is 2.41. The minimum Gasteiger partial charge on any atom is -0.356 e. The van der Waals surface area contributed by atoms with Gasteiger partial charge in [-0.25, -0.2) is 0 Å². The first-order chi connectivity index (χ1) is 10.7. The topological polar surface area (TPSA) is 72.8 Å². The van der Waals surface area contributed by atoms with E-state index >= 15 is 0 Å². The molecule has 1 amide bonds. The Bertz CT molecular complexity index is 870. The number of H-pyrrole nitrogens is 1. The van der Waals surface area contributed by atoms with Gasteiger partial charge in [0.1, 0.15) is 11.8 Å². The van der Waals surface area contributed by atoms with Crippen molar-refractivity contribution in [3.63, 3.8) is 0 Å². The van der Waals surface area contributed by atoms with Crippen LogP contribution in [-0.2, 0) is 6.54 Å². The number of hydrogen-bond donors (Lipinski definition) is 1. The Morgan fingerprint density at radius 3 is 2.95 bits per heavy atom. The Kier molecular flexibility index (Phi) is 3.58. The fourth-order valence-corrected chi connectivity index (χ4v) is 2.41. The van der Waals surface area contributed by atoms with Crippen molar-refractivity contribution in [2.24, 2.45) is 0 Å². The van der Waals surface area contributed by atoms with E-state index in [0.29, 0.717) is 17.8 Å². The van der Waals surface area contributed by atoms with Crippen LogP contribution in [0.15, 0.2) is 48.8 Å². The highest BCUT2D eigenvalue weighted by atomic mass is 16.2. The number of nitrogens with one attached hydrogen (secondary N) is 1. The number of hydrogen-bond acceptors (Lipinski definition) is 3. The lowest BCUT2D eigenvalue weighted by Crippen LogP contribution is -2.26. The highest BCUT2D eigenvalue weighted by molar-refractivity contribution is 5.93. The SMILES string of the molecule is CN(Cc1cccc2cccnc12)C(=O)c1cc(C#N)c[nH]1. The van der Waals surface area contributed by atoms with Crippen LogP contribution in [0.25, 0.3) is 10.9 Å². The first kappa shape index (κ1) is 13.8. The maximum atomic E-state index is 12.4. The first-order valence-corrected chi connectivity index (χ1v) is 6.85. The van der Waals surface area contributed by atoms with Crippen molar-refractivity contribution in [3.8, 4) is 6.07 Å². The monoisotopic (exact) mass is 290 g/mol. The molecule has 0 saturated heterocycles. The van der Waals surface area contributed by atoms with E-state index in [0.717, 1.165) is 16.5 Å². The second-order valence-corrected chi connectivity index (χ2v) is 5.07. The van der Waals surface area contributed by atoms with Crippen molar-refractivity contribution in [1.29, 1.82) is 5.26 Å². The molecule has 0 fully saturated rings. The van der Waals surface area contributed by atoms with Gasteiger partial charge in [-0.15, -0.1) is 0 Å². The van der Waals surface area contributed by atoms with Gasteiger partial charge in [-0.1, -0.05) is 24.3 Å². The van der Waals surface area contributed by atoms with Gasteiger partial charge in [0.2, 0.25) is 0 Å². The van der Waals surface area contributed by atoms with E-state index in [1.54, 1.807) is 24.2 Å². The van der Waals surface area contributed by atoms with E-state index in [9.17, 15) is 4.79 Å². The molecule has 1 N–H and O–H groups in total. The highest BCUT2D eigenvalue weighted by Crippen LogP contribution is 2.18. The molecule has 0 atom stereocenters. The number of carbonyl (C=O) groups excluding carboxylic acids is 1. The van der Waals surface area contributed by atoms with Gasteiger partial charge < -0.3 is 9.88 Å². The quantitative estimate of drug-likeness (QED) is 0.806. The normalized spacial score (nSPS) is 10.4. The lowest BCUT2D eigenvalue weighted by atomic mass is 10.1. The summed E-state index contributed by atoms with van der Waals surface area (Å²) in [6.07, 6.45) is 3.28. The van der Waals surface area contributed by atoms with Crippen molar-refractivity contribution in [2.45, 2.75) is 6.54 Å².